The molecule has 1 aromatic rings. The maximum absolute atomic E-state index is 5.03. The van der Waals surface area contributed by atoms with Gasteiger partial charge in [0.05, 0.1) is 11.2 Å². The molecule has 1 fully saturated rings. The minimum absolute atomic E-state index is 0.218. The zero-order chi connectivity index (χ0) is 14.2. The fourth-order valence-corrected chi connectivity index (χ4v) is 4.50. The van der Waals surface area contributed by atoms with E-state index in [4.69, 9.17) is 4.99 Å². The van der Waals surface area contributed by atoms with Crippen molar-refractivity contribution in [1.82, 2.24) is 0 Å². The Labute approximate surface area is 134 Å². The number of rotatable bonds is 1. The third kappa shape index (κ3) is 3.06. The van der Waals surface area contributed by atoms with Gasteiger partial charge in [0.1, 0.15) is 0 Å². The Bertz CT molecular complexity index is 533. The minimum Gasteiger partial charge on any atom is -0.334 e. The minimum atomic E-state index is 0.218. The molecule has 4 heteroatoms. The average molecular weight is 353 g/mol. The van der Waals surface area contributed by atoms with Crippen molar-refractivity contribution in [3.05, 3.63) is 28.2 Å². The fourth-order valence-electron chi connectivity index (χ4n) is 2.95. The smallest absolute Gasteiger partial charge is 0.161 e. The summed E-state index contributed by atoms with van der Waals surface area (Å²) in [4.78, 5) is 5.03. The highest BCUT2D eigenvalue weighted by Crippen LogP contribution is 2.42. The summed E-state index contributed by atoms with van der Waals surface area (Å²) in [5.41, 5.74) is 2.61. The lowest BCUT2D eigenvalue weighted by Gasteiger charge is -2.32. The highest BCUT2D eigenvalue weighted by atomic mass is 79.9. The first-order valence-electron chi connectivity index (χ1n) is 7.32. The molecular weight excluding hydrogens is 332 g/mol. The highest BCUT2D eigenvalue weighted by Gasteiger charge is 2.38. The summed E-state index contributed by atoms with van der Waals surface area (Å²) in [7, 11) is 0. The summed E-state index contributed by atoms with van der Waals surface area (Å²) >= 11 is 5.48. The third-order valence-corrected chi connectivity index (χ3v) is 6.22. The van der Waals surface area contributed by atoms with Gasteiger partial charge in [-0.15, -0.1) is 0 Å². The maximum Gasteiger partial charge on any atom is 0.161 e. The first-order valence-corrected chi connectivity index (χ1v) is 9.10. The van der Waals surface area contributed by atoms with Crippen LogP contribution in [0.2, 0.25) is 0 Å². The molecule has 0 saturated heterocycles. The van der Waals surface area contributed by atoms with Crippen LogP contribution in [-0.2, 0) is 0 Å². The van der Waals surface area contributed by atoms with E-state index < -0.39 is 0 Å². The predicted molar refractivity (Wildman–Crippen MR) is 92.8 cm³/mol. The number of nitrogens with zero attached hydrogens (tertiary/aromatic N) is 1. The van der Waals surface area contributed by atoms with Crippen molar-refractivity contribution in [2.24, 2.45) is 10.9 Å². The van der Waals surface area contributed by atoms with E-state index in [-0.39, 0.29) is 5.54 Å². The highest BCUT2D eigenvalue weighted by molar-refractivity contribution is 9.10. The molecule has 1 aliphatic carbocycles. The average Bonchev–Trinajstić information content (AvgIpc) is 2.81. The van der Waals surface area contributed by atoms with E-state index in [2.05, 4.69) is 53.3 Å². The number of hydrogen-bond donors (Lipinski definition) is 1. The van der Waals surface area contributed by atoms with Gasteiger partial charge in [-0.3, -0.25) is 4.99 Å². The van der Waals surface area contributed by atoms with Gasteiger partial charge in [0.15, 0.2) is 5.17 Å². The predicted octanol–water partition coefficient (Wildman–Crippen LogP) is 5.22. The van der Waals surface area contributed by atoms with Crippen LogP contribution >= 0.6 is 27.7 Å². The van der Waals surface area contributed by atoms with Crippen molar-refractivity contribution in [3.63, 3.8) is 0 Å². The molecule has 0 unspecified atom stereocenters. The van der Waals surface area contributed by atoms with E-state index in [9.17, 15) is 0 Å². The Balaban J connectivity index is 1.74. The molecule has 1 heterocycles. The monoisotopic (exact) mass is 352 g/mol. The second kappa shape index (κ2) is 5.72. The fraction of sp³-hybridized carbons (Fsp3) is 0.562. The van der Waals surface area contributed by atoms with Crippen molar-refractivity contribution >= 4 is 38.5 Å². The molecule has 0 radical (unpaired) electrons. The van der Waals surface area contributed by atoms with Crippen molar-refractivity contribution in [1.29, 1.82) is 0 Å². The number of aliphatic imine (C=N–C) groups is 1. The van der Waals surface area contributed by atoms with E-state index in [0.29, 0.717) is 0 Å². The van der Waals surface area contributed by atoms with Crippen molar-refractivity contribution in [2.45, 2.75) is 45.1 Å². The summed E-state index contributed by atoms with van der Waals surface area (Å²) in [6.07, 6.45) is 5.15. The molecule has 1 N–H and O–H groups in total. The normalized spacial score (nSPS) is 29.6. The van der Waals surface area contributed by atoms with Crippen LogP contribution in [0.1, 0.15) is 38.2 Å². The molecule has 3 rings (SSSR count). The summed E-state index contributed by atoms with van der Waals surface area (Å²) in [5.74, 6) is 2.02. The van der Waals surface area contributed by atoms with Crippen LogP contribution < -0.4 is 5.32 Å². The van der Waals surface area contributed by atoms with Gasteiger partial charge in [-0.2, -0.15) is 0 Å². The molecule has 108 valence electrons. The first kappa shape index (κ1) is 14.5. The van der Waals surface area contributed by atoms with E-state index in [1.807, 2.05) is 11.8 Å². The molecule has 0 amide bonds. The molecule has 1 aliphatic heterocycles. The van der Waals surface area contributed by atoms with Crippen molar-refractivity contribution in [3.8, 4) is 0 Å². The number of thioether (sulfide) groups is 1. The number of nitrogens with one attached hydrogen (secondary N) is 1. The van der Waals surface area contributed by atoms with Gasteiger partial charge >= 0.3 is 0 Å². The van der Waals surface area contributed by atoms with Crippen LogP contribution in [0.25, 0.3) is 0 Å². The molecule has 0 bridgehead atoms. The SMILES string of the molecule is Cc1ccc(Br)c(NC2=NC3(CCC(C)CC3)CS2)c1. The van der Waals surface area contributed by atoms with Gasteiger partial charge in [-0.05, 0) is 72.2 Å². The maximum atomic E-state index is 5.03. The van der Waals surface area contributed by atoms with Crippen molar-refractivity contribution < 1.29 is 0 Å². The molecule has 1 aromatic carbocycles. The number of aryl methyl sites for hydroxylation is 1. The summed E-state index contributed by atoms with van der Waals surface area (Å²) in [6, 6.07) is 6.37. The van der Waals surface area contributed by atoms with E-state index >= 15 is 0 Å². The molecule has 0 atom stereocenters. The van der Waals surface area contributed by atoms with Crippen LogP contribution in [0, 0.1) is 12.8 Å². The number of benzene rings is 1. The summed E-state index contributed by atoms with van der Waals surface area (Å²) < 4.78 is 1.10. The molecule has 2 nitrogen and oxygen atoms in total. The number of anilines is 1. The second-order valence-corrected chi connectivity index (χ2v) is 8.04. The van der Waals surface area contributed by atoms with Crippen LogP contribution in [0.4, 0.5) is 5.69 Å². The standard InChI is InChI=1S/C16H21BrN2S/c1-11-5-7-16(8-6-11)10-20-15(19-16)18-14-9-12(2)3-4-13(14)17/h3-4,9,11H,5-8,10H2,1-2H3,(H,18,19). The lowest BCUT2D eigenvalue weighted by molar-refractivity contribution is 0.273. The van der Waals surface area contributed by atoms with E-state index in [1.165, 1.54) is 31.2 Å². The van der Waals surface area contributed by atoms with Crippen LogP contribution in [0.5, 0.6) is 0 Å². The number of amidine groups is 1. The number of halogens is 1. The zero-order valence-corrected chi connectivity index (χ0v) is 14.5. The Hall–Kier alpha value is -0.480. The van der Waals surface area contributed by atoms with Crippen LogP contribution in [0.15, 0.2) is 27.7 Å². The van der Waals surface area contributed by atoms with Gasteiger partial charge in [0.25, 0.3) is 0 Å². The van der Waals surface area contributed by atoms with Crippen molar-refractivity contribution in [2.75, 3.05) is 11.1 Å². The van der Waals surface area contributed by atoms with E-state index in [1.54, 1.807) is 0 Å². The Kier molecular flexibility index (Phi) is 4.14. The molecule has 1 saturated carbocycles. The number of hydrogen-bond acceptors (Lipinski definition) is 3. The quantitative estimate of drug-likeness (QED) is 0.748. The van der Waals surface area contributed by atoms with Crippen LogP contribution in [-0.4, -0.2) is 16.5 Å². The molecular formula is C16H21BrN2S. The lowest BCUT2D eigenvalue weighted by Crippen LogP contribution is -2.32. The Morgan fingerprint density at radius 1 is 1.35 bits per heavy atom. The summed E-state index contributed by atoms with van der Waals surface area (Å²) in [6.45, 7) is 4.48. The zero-order valence-electron chi connectivity index (χ0n) is 12.1. The third-order valence-electron chi connectivity index (χ3n) is 4.38. The van der Waals surface area contributed by atoms with E-state index in [0.717, 1.165) is 27.0 Å². The molecule has 0 aromatic heterocycles. The van der Waals surface area contributed by atoms with Gasteiger partial charge in [-0.25, -0.2) is 0 Å². The first-order chi connectivity index (χ1) is 9.56. The van der Waals surface area contributed by atoms with Gasteiger partial charge in [0.2, 0.25) is 0 Å². The Morgan fingerprint density at radius 3 is 2.85 bits per heavy atom. The lowest BCUT2D eigenvalue weighted by atomic mass is 9.79. The second-order valence-electron chi connectivity index (χ2n) is 6.22. The van der Waals surface area contributed by atoms with Gasteiger partial charge in [0, 0.05) is 10.2 Å². The summed E-state index contributed by atoms with van der Waals surface area (Å²) in [5, 5.41) is 4.59. The molecule has 20 heavy (non-hydrogen) atoms. The largest absolute Gasteiger partial charge is 0.334 e. The van der Waals surface area contributed by atoms with Crippen LogP contribution in [0.3, 0.4) is 0 Å². The molecule has 2 aliphatic rings. The molecule has 1 spiro atoms. The topological polar surface area (TPSA) is 24.4 Å². The van der Waals surface area contributed by atoms with Gasteiger partial charge < -0.3 is 5.32 Å². The Morgan fingerprint density at radius 2 is 2.10 bits per heavy atom. The van der Waals surface area contributed by atoms with Gasteiger partial charge in [-0.1, -0.05) is 24.8 Å².